The molecule has 0 bridgehead atoms. The molecule has 2 N–H and O–H groups in total. The molecule has 1 amide bonds. The smallest absolute Gasteiger partial charge is 0.233 e. The molecule has 5 nitrogen and oxygen atoms in total. The Hall–Kier alpha value is -1.04. The van der Waals surface area contributed by atoms with E-state index in [1.165, 1.54) is 24.6 Å². The fraction of sp³-hybridized carbons (Fsp3) is 0.727. The summed E-state index contributed by atoms with van der Waals surface area (Å²) in [4.78, 5) is 16.1. The summed E-state index contributed by atoms with van der Waals surface area (Å²) in [6, 6.07) is 0.166. The van der Waals surface area contributed by atoms with E-state index in [0.29, 0.717) is 11.1 Å². The maximum atomic E-state index is 11.7. The van der Waals surface area contributed by atoms with E-state index in [4.69, 9.17) is 0 Å². The minimum atomic E-state index is -0.166. The first-order valence-corrected chi connectivity index (χ1v) is 6.83. The van der Waals surface area contributed by atoms with E-state index >= 15 is 0 Å². The zero-order valence-electron chi connectivity index (χ0n) is 10.4. The summed E-state index contributed by atoms with van der Waals surface area (Å²) in [5, 5.41) is 10.4. The Morgan fingerprint density at radius 3 is 2.76 bits per heavy atom. The van der Waals surface area contributed by atoms with Crippen molar-refractivity contribution in [3.05, 3.63) is 5.82 Å². The van der Waals surface area contributed by atoms with Gasteiger partial charge >= 0.3 is 0 Å². The quantitative estimate of drug-likeness (QED) is 0.784. The standard InChI is InChI=1S/C11H18N4OS/c1-6(2)12-10(16)7(3)17-11-13-9(14-15-11)8-4-5-8/h6-8H,4-5H2,1-3H3,(H,12,16)(H,13,14,15). The molecule has 6 heteroatoms. The number of carbonyl (C=O) groups excluding carboxylic acids is 1. The van der Waals surface area contributed by atoms with E-state index < -0.39 is 0 Å². The van der Waals surface area contributed by atoms with Gasteiger partial charge in [0.1, 0.15) is 5.82 Å². The first-order valence-electron chi connectivity index (χ1n) is 5.95. The highest BCUT2D eigenvalue weighted by atomic mass is 32.2. The number of H-pyrrole nitrogens is 1. The number of carbonyl (C=O) groups is 1. The van der Waals surface area contributed by atoms with Gasteiger partial charge in [0.05, 0.1) is 5.25 Å². The Morgan fingerprint density at radius 1 is 1.47 bits per heavy atom. The van der Waals surface area contributed by atoms with Gasteiger partial charge in [-0.1, -0.05) is 11.8 Å². The minimum Gasteiger partial charge on any atom is -0.353 e. The van der Waals surface area contributed by atoms with E-state index in [9.17, 15) is 4.79 Å². The maximum Gasteiger partial charge on any atom is 0.233 e. The second kappa shape index (κ2) is 5.08. The number of amides is 1. The second-order valence-corrected chi connectivity index (χ2v) is 6.01. The number of aromatic amines is 1. The van der Waals surface area contributed by atoms with Crippen molar-refractivity contribution >= 4 is 17.7 Å². The van der Waals surface area contributed by atoms with Crippen molar-refractivity contribution in [1.82, 2.24) is 20.5 Å². The summed E-state index contributed by atoms with van der Waals surface area (Å²) >= 11 is 1.39. The number of hydrogen-bond acceptors (Lipinski definition) is 4. The van der Waals surface area contributed by atoms with E-state index in [1.54, 1.807) is 0 Å². The lowest BCUT2D eigenvalue weighted by Gasteiger charge is -2.12. The van der Waals surface area contributed by atoms with Gasteiger partial charge in [-0.15, -0.1) is 5.10 Å². The average Bonchev–Trinajstić information content (AvgIpc) is 2.99. The Bertz CT molecular complexity index is 400. The van der Waals surface area contributed by atoms with Crippen LogP contribution in [0, 0.1) is 0 Å². The lowest BCUT2D eigenvalue weighted by Crippen LogP contribution is -2.35. The Balaban J connectivity index is 1.88. The fourth-order valence-corrected chi connectivity index (χ4v) is 2.20. The molecule has 0 aromatic carbocycles. The van der Waals surface area contributed by atoms with Gasteiger partial charge in [-0.25, -0.2) is 4.98 Å². The molecular weight excluding hydrogens is 236 g/mol. The predicted molar refractivity (Wildman–Crippen MR) is 67.0 cm³/mol. The van der Waals surface area contributed by atoms with Crippen LogP contribution in [0.5, 0.6) is 0 Å². The van der Waals surface area contributed by atoms with Crippen LogP contribution in [0.3, 0.4) is 0 Å². The lowest BCUT2D eigenvalue weighted by atomic mass is 10.3. The van der Waals surface area contributed by atoms with Crippen molar-refractivity contribution in [3.63, 3.8) is 0 Å². The van der Waals surface area contributed by atoms with E-state index in [0.717, 1.165) is 5.82 Å². The van der Waals surface area contributed by atoms with E-state index in [2.05, 4.69) is 20.5 Å². The van der Waals surface area contributed by atoms with Crippen LogP contribution >= 0.6 is 11.8 Å². The van der Waals surface area contributed by atoms with Crippen molar-refractivity contribution in [2.24, 2.45) is 0 Å². The van der Waals surface area contributed by atoms with Crippen LogP contribution in [0.25, 0.3) is 0 Å². The van der Waals surface area contributed by atoms with Gasteiger partial charge < -0.3 is 5.32 Å². The summed E-state index contributed by atoms with van der Waals surface area (Å²) < 4.78 is 0. The van der Waals surface area contributed by atoms with Crippen molar-refractivity contribution in [2.45, 2.75) is 56.0 Å². The molecule has 0 saturated heterocycles. The van der Waals surface area contributed by atoms with Gasteiger partial charge in [0.25, 0.3) is 0 Å². The Labute approximate surface area is 105 Å². The van der Waals surface area contributed by atoms with Gasteiger partial charge in [-0.2, -0.15) is 0 Å². The molecule has 1 saturated carbocycles. The molecular formula is C11H18N4OS. The third-order valence-electron chi connectivity index (χ3n) is 2.53. The van der Waals surface area contributed by atoms with Gasteiger partial charge in [0.15, 0.2) is 0 Å². The zero-order valence-corrected chi connectivity index (χ0v) is 11.2. The molecule has 1 aliphatic rings. The van der Waals surface area contributed by atoms with E-state index in [-0.39, 0.29) is 17.2 Å². The maximum absolute atomic E-state index is 11.7. The second-order valence-electron chi connectivity index (χ2n) is 4.70. The minimum absolute atomic E-state index is 0.0303. The summed E-state index contributed by atoms with van der Waals surface area (Å²) in [5.41, 5.74) is 0. The highest BCUT2D eigenvalue weighted by Crippen LogP contribution is 2.38. The fourth-order valence-electron chi connectivity index (χ4n) is 1.46. The monoisotopic (exact) mass is 254 g/mol. The number of rotatable bonds is 5. The molecule has 0 radical (unpaired) electrons. The lowest BCUT2D eigenvalue weighted by molar-refractivity contribution is -0.120. The van der Waals surface area contributed by atoms with Gasteiger partial charge in [-0.05, 0) is 33.6 Å². The molecule has 0 spiro atoms. The van der Waals surface area contributed by atoms with Crippen molar-refractivity contribution in [1.29, 1.82) is 0 Å². The first-order chi connectivity index (χ1) is 8.06. The molecule has 1 atom stereocenters. The molecule has 94 valence electrons. The predicted octanol–water partition coefficient (Wildman–Crippen LogP) is 1.69. The van der Waals surface area contributed by atoms with Crippen molar-refractivity contribution in [2.75, 3.05) is 0 Å². The zero-order chi connectivity index (χ0) is 12.4. The normalized spacial score (nSPS) is 17.2. The highest BCUT2D eigenvalue weighted by molar-refractivity contribution is 8.00. The Kier molecular flexibility index (Phi) is 3.71. The van der Waals surface area contributed by atoms with Crippen LogP contribution in [0.15, 0.2) is 5.16 Å². The van der Waals surface area contributed by atoms with Crippen LogP contribution < -0.4 is 5.32 Å². The number of aromatic nitrogens is 3. The molecule has 0 aliphatic heterocycles. The molecule has 17 heavy (non-hydrogen) atoms. The van der Waals surface area contributed by atoms with Crippen LogP contribution in [-0.2, 0) is 4.79 Å². The largest absolute Gasteiger partial charge is 0.353 e. The molecule has 1 aromatic heterocycles. The van der Waals surface area contributed by atoms with Crippen LogP contribution in [0.1, 0.15) is 45.4 Å². The molecule has 1 unspecified atom stereocenters. The Morgan fingerprint density at radius 2 is 2.18 bits per heavy atom. The number of thioether (sulfide) groups is 1. The number of nitrogens with zero attached hydrogens (tertiary/aromatic N) is 2. The molecule has 1 fully saturated rings. The van der Waals surface area contributed by atoms with Gasteiger partial charge in [0.2, 0.25) is 11.1 Å². The highest BCUT2D eigenvalue weighted by Gasteiger charge is 2.27. The number of hydrogen-bond donors (Lipinski definition) is 2. The van der Waals surface area contributed by atoms with E-state index in [1.807, 2.05) is 20.8 Å². The third-order valence-corrected chi connectivity index (χ3v) is 3.49. The number of nitrogens with one attached hydrogen (secondary N) is 2. The average molecular weight is 254 g/mol. The molecule has 1 aliphatic carbocycles. The van der Waals surface area contributed by atoms with Crippen molar-refractivity contribution in [3.8, 4) is 0 Å². The third kappa shape index (κ3) is 3.46. The van der Waals surface area contributed by atoms with Crippen LogP contribution in [0.4, 0.5) is 0 Å². The molecule has 1 heterocycles. The molecule has 1 aromatic rings. The topological polar surface area (TPSA) is 70.7 Å². The summed E-state index contributed by atoms with van der Waals surface area (Å²) in [6.07, 6.45) is 2.39. The first kappa shape index (κ1) is 12.4. The SMILES string of the molecule is CC(C)NC(=O)C(C)Sc1n[nH]c(C2CC2)n1. The summed E-state index contributed by atoms with van der Waals surface area (Å²) in [6.45, 7) is 5.77. The summed E-state index contributed by atoms with van der Waals surface area (Å²) in [7, 11) is 0. The van der Waals surface area contributed by atoms with Crippen molar-refractivity contribution < 1.29 is 4.79 Å². The van der Waals surface area contributed by atoms with Crippen LogP contribution in [0.2, 0.25) is 0 Å². The summed E-state index contributed by atoms with van der Waals surface area (Å²) in [5.74, 6) is 1.56. The van der Waals surface area contributed by atoms with Gasteiger partial charge in [-0.3, -0.25) is 9.89 Å². The van der Waals surface area contributed by atoms with Gasteiger partial charge in [0, 0.05) is 12.0 Å². The molecule has 2 rings (SSSR count). The van der Waals surface area contributed by atoms with Crippen LogP contribution in [-0.4, -0.2) is 32.4 Å².